The zero-order valence-corrected chi connectivity index (χ0v) is 9.90. The number of ether oxygens (including phenoxy) is 2. The van der Waals surface area contributed by atoms with Crippen molar-refractivity contribution >= 4 is 17.6 Å². The van der Waals surface area contributed by atoms with Gasteiger partial charge < -0.3 is 9.47 Å². The maximum Gasteiger partial charge on any atom is 0.358 e. The molecular weight excluding hydrogens is 232 g/mol. The highest BCUT2D eigenvalue weighted by atomic mass is 35.5. The molecule has 1 aromatic heterocycles. The molecule has 0 radical (unpaired) electrons. The molecule has 5 nitrogen and oxygen atoms in total. The fourth-order valence-corrected chi connectivity index (χ4v) is 1.01. The molecule has 16 heavy (non-hydrogen) atoms. The standard InChI is InChI=1S/C10H13ClN2O3/c1-7(2)15-3-4-16-10(14)8-5-13-9(11)6-12-8/h5-7H,3-4H2,1-2H3. The van der Waals surface area contributed by atoms with Gasteiger partial charge in [-0.3, -0.25) is 0 Å². The lowest BCUT2D eigenvalue weighted by atomic mass is 10.4. The van der Waals surface area contributed by atoms with E-state index in [0.717, 1.165) is 0 Å². The van der Waals surface area contributed by atoms with Gasteiger partial charge in [0, 0.05) is 0 Å². The summed E-state index contributed by atoms with van der Waals surface area (Å²) in [4.78, 5) is 18.9. The monoisotopic (exact) mass is 244 g/mol. The summed E-state index contributed by atoms with van der Waals surface area (Å²) >= 11 is 5.53. The lowest BCUT2D eigenvalue weighted by Crippen LogP contribution is -2.14. The maximum absolute atomic E-state index is 11.4. The molecule has 0 atom stereocenters. The zero-order valence-electron chi connectivity index (χ0n) is 9.14. The first kappa shape index (κ1) is 12.9. The van der Waals surface area contributed by atoms with Crippen molar-refractivity contribution in [3.63, 3.8) is 0 Å². The molecule has 0 fully saturated rings. The van der Waals surface area contributed by atoms with E-state index in [0.29, 0.717) is 6.61 Å². The average Bonchev–Trinajstić information content (AvgIpc) is 2.25. The Morgan fingerprint density at radius 1 is 1.38 bits per heavy atom. The van der Waals surface area contributed by atoms with Gasteiger partial charge >= 0.3 is 5.97 Å². The minimum absolute atomic E-state index is 0.119. The average molecular weight is 245 g/mol. The van der Waals surface area contributed by atoms with Crippen molar-refractivity contribution in [3.05, 3.63) is 23.2 Å². The third kappa shape index (κ3) is 4.55. The lowest BCUT2D eigenvalue weighted by molar-refractivity contribution is 0.0172. The smallest absolute Gasteiger partial charge is 0.358 e. The van der Waals surface area contributed by atoms with Crippen LogP contribution in [0.25, 0.3) is 0 Å². The molecule has 0 saturated heterocycles. The molecule has 1 aromatic rings. The van der Waals surface area contributed by atoms with E-state index in [9.17, 15) is 4.79 Å². The highest BCUT2D eigenvalue weighted by Gasteiger charge is 2.08. The van der Waals surface area contributed by atoms with E-state index >= 15 is 0 Å². The van der Waals surface area contributed by atoms with Crippen LogP contribution in [-0.2, 0) is 9.47 Å². The first-order valence-electron chi connectivity index (χ1n) is 4.86. The lowest BCUT2D eigenvalue weighted by Gasteiger charge is -2.07. The fourth-order valence-electron chi connectivity index (χ4n) is 0.910. The molecule has 0 N–H and O–H groups in total. The number of carbonyl (C=O) groups excluding carboxylic acids is 1. The molecule has 0 saturated carbocycles. The summed E-state index contributed by atoms with van der Waals surface area (Å²) in [7, 11) is 0. The minimum atomic E-state index is -0.531. The number of carbonyl (C=O) groups is 1. The third-order valence-corrected chi connectivity index (χ3v) is 1.79. The van der Waals surface area contributed by atoms with E-state index < -0.39 is 5.97 Å². The summed E-state index contributed by atoms with van der Waals surface area (Å²) in [6.45, 7) is 4.38. The van der Waals surface area contributed by atoms with Gasteiger partial charge in [0.25, 0.3) is 0 Å². The van der Waals surface area contributed by atoms with E-state index in [1.54, 1.807) is 0 Å². The number of nitrogens with zero attached hydrogens (tertiary/aromatic N) is 2. The van der Waals surface area contributed by atoms with Crippen molar-refractivity contribution in [3.8, 4) is 0 Å². The second kappa shape index (κ2) is 6.40. The summed E-state index contributed by atoms with van der Waals surface area (Å²) in [6, 6.07) is 0. The van der Waals surface area contributed by atoms with Crippen molar-refractivity contribution in [2.24, 2.45) is 0 Å². The fraction of sp³-hybridized carbons (Fsp3) is 0.500. The Kier molecular flexibility index (Phi) is 5.14. The number of hydrogen-bond acceptors (Lipinski definition) is 5. The number of aromatic nitrogens is 2. The van der Waals surface area contributed by atoms with Crippen LogP contribution >= 0.6 is 11.6 Å². The van der Waals surface area contributed by atoms with Gasteiger partial charge in [0.1, 0.15) is 11.8 Å². The van der Waals surface area contributed by atoms with Gasteiger partial charge in [-0.15, -0.1) is 0 Å². The summed E-state index contributed by atoms with van der Waals surface area (Å²) in [6.07, 6.45) is 2.69. The minimum Gasteiger partial charge on any atom is -0.458 e. The largest absolute Gasteiger partial charge is 0.458 e. The summed E-state index contributed by atoms with van der Waals surface area (Å²) in [5.74, 6) is -0.531. The second-order valence-electron chi connectivity index (χ2n) is 3.28. The van der Waals surface area contributed by atoms with Gasteiger partial charge in [0.2, 0.25) is 0 Å². The van der Waals surface area contributed by atoms with Gasteiger partial charge in [-0.1, -0.05) is 11.6 Å². The van der Waals surface area contributed by atoms with Gasteiger partial charge in [0.15, 0.2) is 5.69 Å². The van der Waals surface area contributed by atoms with Gasteiger partial charge in [-0.2, -0.15) is 0 Å². The Bertz CT molecular complexity index is 340. The van der Waals surface area contributed by atoms with Crippen LogP contribution in [0.5, 0.6) is 0 Å². The Hall–Kier alpha value is -1.20. The van der Waals surface area contributed by atoms with Crippen LogP contribution in [0.3, 0.4) is 0 Å². The van der Waals surface area contributed by atoms with Crippen LogP contribution in [-0.4, -0.2) is 35.3 Å². The van der Waals surface area contributed by atoms with Gasteiger partial charge in [-0.25, -0.2) is 14.8 Å². The van der Waals surface area contributed by atoms with Gasteiger partial charge in [-0.05, 0) is 13.8 Å². The first-order chi connectivity index (χ1) is 7.59. The van der Waals surface area contributed by atoms with Crippen molar-refractivity contribution < 1.29 is 14.3 Å². The van der Waals surface area contributed by atoms with Crippen molar-refractivity contribution in [1.29, 1.82) is 0 Å². The Balaban J connectivity index is 2.32. The summed E-state index contributed by atoms with van der Waals surface area (Å²) in [5.41, 5.74) is 0.133. The molecule has 0 aliphatic heterocycles. The Labute approximate surface area is 98.8 Å². The van der Waals surface area contributed by atoms with Crippen LogP contribution in [0, 0.1) is 0 Å². The number of hydrogen-bond donors (Lipinski definition) is 0. The zero-order chi connectivity index (χ0) is 12.0. The first-order valence-corrected chi connectivity index (χ1v) is 5.23. The van der Waals surface area contributed by atoms with Crippen LogP contribution in [0.2, 0.25) is 5.15 Å². The van der Waals surface area contributed by atoms with E-state index in [2.05, 4.69) is 9.97 Å². The Morgan fingerprint density at radius 3 is 2.69 bits per heavy atom. The topological polar surface area (TPSA) is 61.3 Å². The molecule has 0 bridgehead atoms. The summed E-state index contributed by atoms with van der Waals surface area (Å²) in [5, 5.41) is 0.236. The molecule has 88 valence electrons. The molecule has 0 aliphatic rings. The molecule has 0 unspecified atom stereocenters. The molecule has 1 heterocycles. The van der Waals surface area contributed by atoms with Crippen LogP contribution in [0.1, 0.15) is 24.3 Å². The molecular formula is C10H13ClN2O3. The Morgan fingerprint density at radius 2 is 2.12 bits per heavy atom. The molecule has 0 aromatic carbocycles. The van der Waals surface area contributed by atoms with E-state index in [-0.39, 0.29) is 23.6 Å². The van der Waals surface area contributed by atoms with E-state index in [1.807, 2.05) is 13.8 Å². The number of rotatable bonds is 5. The third-order valence-electron chi connectivity index (χ3n) is 1.60. The molecule has 1 rings (SSSR count). The quantitative estimate of drug-likeness (QED) is 0.583. The van der Waals surface area contributed by atoms with Crippen molar-refractivity contribution in [2.75, 3.05) is 13.2 Å². The van der Waals surface area contributed by atoms with Crippen molar-refractivity contribution in [2.45, 2.75) is 20.0 Å². The molecule has 0 spiro atoms. The van der Waals surface area contributed by atoms with Crippen molar-refractivity contribution in [1.82, 2.24) is 9.97 Å². The van der Waals surface area contributed by atoms with Crippen LogP contribution in [0.4, 0.5) is 0 Å². The summed E-state index contributed by atoms with van der Waals surface area (Å²) < 4.78 is 10.1. The molecule has 0 amide bonds. The molecule has 0 aliphatic carbocycles. The van der Waals surface area contributed by atoms with Crippen LogP contribution < -0.4 is 0 Å². The van der Waals surface area contributed by atoms with Crippen LogP contribution in [0.15, 0.2) is 12.4 Å². The van der Waals surface area contributed by atoms with Gasteiger partial charge in [0.05, 0.1) is 25.1 Å². The second-order valence-corrected chi connectivity index (χ2v) is 3.67. The highest BCUT2D eigenvalue weighted by molar-refractivity contribution is 6.29. The van der Waals surface area contributed by atoms with E-state index in [1.165, 1.54) is 12.4 Å². The highest BCUT2D eigenvalue weighted by Crippen LogP contribution is 2.02. The SMILES string of the molecule is CC(C)OCCOC(=O)c1cnc(Cl)cn1. The maximum atomic E-state index is 11.4. The predicted octanol–water partition coefficient (Wildman–Crippen LogP) is 1.71. The number of halogens is 1. The normalized spacial score (nSPS) is 10.5. The molecule has 6 heteroatoms. The van der Waals surface area contributed by atoms with E-state index in [4.69, 9.17) is 21.1 Å². The number of esters is 1. The predicted molar refractivity (Wildman–Crippen MR) is 58.4 cm³/mol.